The Hall–Kier alpha value is -3.87. The van der Waals surface area contributed by atoms with E-state index in [-0.39, 0.29) is 35.6 Å². The van der Waals surface area contributed by atoms with Crippen molar-refractivity contribution in [3.05, 3.63) is 0 Å². The molecule has 0 rings (SSSR count). The molecule has 0 radical (unpaired) electrons. The van der Waals surface area contributed by atoms with Gasteiger partial charge >= 0.3 is 35.6 Å². The van der Waals surface area contributed by atoms with Gasteiger partial charge in [-0.3, -0.25) is 0 Å². The van der Waals surface area contributed by atoms with Gasteiger partial charge in [-0.25, -0.2) is 36.8 Å². The molecule has 14 nitrogen and oxygen atoms in total. The summed E-state index contributed by atoms with van der Waals surface area (Å²) < 4.78 is 0. The van der Waals surface area contributed by atoms with Crippen molar-refractivity contribution >= 4 is 0 Å². The molecule has 0 spiro atoms. The Labute approximate surface area is 152 Å². The van der Waals surface area contributed by atoms with Crippen LogP contribution in [0.15, 0.2) is 0 Å². The zero-order valence-corrected chi connectivity index (χ0v) is 12.8. The number of rotatable bonds is 0. The third-order valence-corrected chi connectivity index (χ3v) is 0. The molecule has 0 aromatic heterocycles. The third-order valence-electron chi connectivity index (χ3n) is 0. The molecule has 0 amide bonds. The van der Waals surface area contributed by atoms with Gasteiger partial charge in [-0.2, -0.15) is 0 Å². The van der Waals surface area contributed by atoms with Gasteiger partial charge in [-0.1, -0.05) is 0 Å². The Morgan fingerprint density at radius 3 is 0.348 bits per heavy atom. The second-order valence-corrected chi connectivity index (χ2v) is 0.639. The summed E-state index contributed by atoms with van der Waals surface area (Å²) in [6.45, 7) is 0. The van der Waals surface area contributed by atoms with E-state index in [4.69, 9.17) is 72.6 Å². The van der Waals surface area contributed by atoms with Crippen molar-refractivity contribution in [3.63, 3.8) is 0 Å². The summed E-state index contributed by atoms with van der Waals surface area (Å²) in [6.07, 6.45) is 3.50. The van der Waals surface area contributed by atoms with Crippen LogP contribution < -0.4 is 35.7 Å². The van der Waals surface area contributed by atoms with Crippen LogP contribution in [0.4, 0.5) is 0 Å². The van der Waals surface area contributed by atoms with Gasteiger partial charge in [0.15, 0.2) is 0 Å². The summed E-state index contributed by atoms with van der Waals surface area (Å²) >= 11 is 0. The van der Waals surface area contributed by atoms with E-state index >= 15 is 0 Å². The molecule has 16 heteroatoms. The fourth-order valence-corrected chi connectivity index (χ4v) is 0. The first-order valence-electron chi connectivity index (χ1n) is 2.99. The predicted molar refractivity (Wildman–Crippen MR) is 39.3 cm³/mol. The standard InChI is InChI=1S/7CHNO.Fe.V/c7*2-1-3;;/h7*3H;;/q;;;;;;;+2;+5/p-7. The van der Waals surface area contributed by atoms with Crippen molar-refractivity contribution in [1.29, 1.82) is 36.8 Å². The van der Waals surface area contributed by atoms with Crippen LogP contribution in [0, 0.1) is 80.6 Å². The van der Waals surface area contributed by atoms with E-state index in [1.54, 1.807) is 0 Å². The molecule has 0 heterocycles. The van der Waals surface area contributed by atoms with Crippen LogP contribution in [0.25, 0.3) is 0 Å². The van der Waals surface area contributed by atoms with E-state index in [9.17, 15) is 0 Å². The average Bonchev–Trinajstić information content (AvgIpc) is 2.35. The van der Waals surface area contributed by atoms with Crippen molar-refractivity contribution < 1.29 is 71.4 Å². The van der Waals surface area contributed by atoms with E-state index in [0.717, 1.165) is 0 Å². The van der Waals surface area contributed by atoms with Crippen molar-refractivity contribution in [2.75, 3.05) is 0 Å². The minimum atomic E-state index is 0. The number of nitrogens with zero attached hydrogens (tertiary/aromatic N) is 7. The molecule has 0 aromatic rings. The fourth-order valence-electron chi connectivity index (χ4n) is 0. The predicted octanol–water partition coefficient (Wildman–Crippen LogP) is -8.21. The Balaban J connectivity index is -0.0000000140. The zero-order valence-electron chi connectivity index (χ0n) is 10.3. The normalized spacial score (nSPS) is 2.13. The summed E-state index contributed by atoms with van der Waals surface area (Å²) in [7, 11) is 0. The Morgan fingerprint density at radius 2 is 0.348 bits per heavy atom. The van der Waals surface area contributed by atoms with Crippen LogP contribution >= 0.6 is 0 Å². The smallest absolute Gasteiger partial charge is 0.812 e. The first-order chi connectivity index (χ1) is 9.90. The van der Waals surface area contributed by atoms with Crippen molar-refractivity contribution in [1.82, 2.24) is 0 Å². The Bertz CT molecular complexity index is 314. The molecule has 0 aliphatic carbocycles. The van der Waals surface area contributed by atoms with Gasteiger partial charge in [0.1, 0.15) is 0 Å². The summed E-state index contributed by atoms with van der Waals surface area (Å²) in [5.74, 6) is 0. The molecule has 118 valence electrons. The Kier molecular flexibility index (Phi) is 1440. The maximum Gasteiger partial charge on any atom is 5.00 e. The van der Waals surface area contributed by atoms with E-state index in [1.807, 2.05) is 0 Å². The molecule has 0 saturated carbocycles. The molecule has 0 aliphatic heterocycles. The molecule has 0 fully saturated rings. The van der Waals surface area contributed by atoms with Crippen molar-refractivity contribution in [2.24, 2.45) is 0 Å². The van der Waals surface area contributed by atoms with Crippen LogP contribution in [-0.2, 0) is 35.6 Å². The van der Waals surface area contributed by atoms with Crippen LogP contribution in [-0.4, -0.2) is 0 Å². The second kappa shape index (κ2) is 542. The zero-order chi connectivity index (χ0) is 18.9. The average molecular weight is 401 g/mol. The van der Waals surface area contributed by atoms with E-state index in [2.05, 4.69) is 0 Å². The minimum Gasteiger partial charge on any atom is -0.812 e. The molecular formula is C7FeN7O7V. The van der Waals surface area contributed by atoms with Gasteiger partial charge in [0.25, 0.3) is 0 Å². The number of hydrogen-bond acceptors (Lipinski definition) is 14. The second-order valence-electron chi connectivity index (χ2n) is 0.639. The van der Waals surface area contributed by atoms with Crippen LogP contribution in [0.3, 0.4) is 0 Å². The molecule has 0 N–H and O–H groups in total. The molecule has 0 saturated heterocycles. The summed E-state index contributed by atoms with van der Waals surface area (Å²) in [6, 6.07) is 0. The van der Waals surface area contributed by atoms with Crippen molar-refractivity contribution in [3.8, 4) is 43.8 Å². The first-order valence-corrected chi connectivity index (χ1v) is 2.99. The SMILES string of the molecule is N#C[O-].N#C[O-].N#C[O-].N#C[O-].N#C[O-].N#C[O-].N#C[O-].[Fe+2].[V+5]. The monoisotopic (exact) mass is 401 g/mol. The van der Waals surface area contributed by atoms with Crippen molar-refractivity contribution in [2.45, 2.75) is 0 Å². The molecule has 0 unspecified atom stereocenters. The summed E-state index contributed by atoms with van der Waals surface area (Å²) in [5, 5.41) is 105. The van der Waals surface area contributed by atoms with Gasteiger partial charge < -0.3 is 35.7 Å². The molecule has 0 aliphatic rings. The Morgan fingerprint density at radius 1 is 0.348 bits per heavy atom. The largest absolute Gasteiger partial charge is 5.00 e. The first kappa shape index (κ1) is 61.3. The topological polar surface area (TPSA) is 328 Å². The summed E-state index contributed by atoms with van der Waals surface area (Å²) in [4.78, 5) is 0. The van der Waals surface area contributed by atoms with E-state index < -0.39 is 0 Å². The maximum absolute atomic E-state index is 8.24. The van der Waals surface area contributed by atoms with Crippen LogP contribution in [0.5, 0.6) is 0 Å². The van der Waals surface area contributed by atoms with Gasteiger partial charge in [0.2, 0.25) is 0 Å². The van der Waals surface area contributed by atoms with Crippen LogP contribution in [0.2, 0.25) is 0 Å². The molecule has 0 atom stereocenters. The van der Waals surface area contributed by atoms with Gasteiger partial charge in [0.05, 0.1) is 0 Å². The molecule has 23 heavy (non-hydrogen) atoms. The minimum absolute atomic E-state index is 0. The van der Waals surface area contributed by atoms with Gasteiger partial charge in [0, 0.05) is 43.8 Å². The quantitative estimate of drug-likeness (QED) is 0.269. The fraction of sp³-hybridized carbons (Fsp3) is 0. The van der Waals surface area contributed by atoms with E-state index in [1.165, 1.54) is 0 Å². The van der Waals surface area contributed by atoms with Gasteiger partial charge in [-0.05, 0) is 0 Å². The third kappa shape index (κ3) is 316. The number of nitriles is 7. The number of hydrogen-bond donors (Lipinski definition) is 0. The molecule has 0 bridgehead atoms. The van der Waals surface area contributed by atoms with E-state index in [0.29, 0.717) is 43.8 Å². The van der Waals surface area contributed by atoms with Crippen LogP contribution in [0.1, 0.15) is 0 Å². The molecular weight excluding hydrogens is 401 g/mol. The van der Waals surface area contributed by atoms with Gasteiger partial charge in [-0.15, -0.1) is 0 Å². The maximum atomic E-state index is 8.24. The molecule has 0 aromatic carbocycles. The summed E-state index contributed by atoms with van der Waals surface area (Å²) in [5.41, 5.74) is 0.